The molecule has 0 aromatic carbocycles. The van der Waals surface area contributed by atoms with Crippen LogP contribution in [0.2, 0.25) is 0 Å². The summed E-state index contributed by atoms with van der Waals surface area (Å²) in [5, 5.41) is 14.4. The Bertz CT molecular complexity index is 333. The zero-order valence-electron chi connectivity index (χ0n) is 7.06. The van der Waals surface area contributed by atoms with Crippen molar-refractivity contribution >= 4 is 23.4 Å². The number of hydrogen-bond donors (Lipinski definition) is 2. The number of hydrogen-bond acceptors (Lipinski definition) is 4. The molecule has 0 radical (unpaired) electrons. The minimum atomic E-state index is -0.196. The fourth-order valence-corrected chi connectivity index (χ4v) is 0.812. The van der Waals surface area contributed by atoms with E-state index < -0.39 is 0 Å². The van der Waals surface area contributed by atoms with Crippen LogP contribution in [0.1, 0.15) is 11.5 Å². The van der Waals surface area contributed by atoms with Gasteiger partial charge < -0.3 is 9.15 Å². The quantitative estimate of drug-likeness (QED) is 0.436. The first-order valence-corrected chi connectivity index (χ1v) is 4.13. The van der Waals surface area contributed by atoms with Crippen LogP contribution in [0.5, 0.6) is 0 Å². The molecule has 1 aromatic rings. The Morgan fingerprint density at radius 2 is 2.23 bits per heavy atom. The van der Waals surface area contributed by atoms with Crippen LogP contribution in [0.25, 0.3) is 0 Å². The van der Waals surface area contributed by atoms with E-state index >= 15 is 0 Å². The van der Waals surface area contributed by atoms with Gasteiger partial charge in [-0.05, 0) is 19.1 Å². The van der Waals surface area contributed by atoms with Crippen LogP contribution >= 0.6 is 11.6 Å². The molecule has 5 heteroatoms. The van der Waals surface area contributed by atoms with Crippen molar-refractivity contribution < 1.29 is 9.15 Å². The van der Waals surface area contributed by atoms with E-state index in [2.05, 4.69) is 0 Å². The van der Waals surface area contributed by atoms with Crippen LogP contribution in [0.3, 0.4) is 0 Å². The van der Waals surface area contributed by atoms with Crippen LogP contribution in [0.15, 0.2) is 16.5 Å². The lowest BCUT2D eigenvalue weighted by Gasteiger charge is -2.01. The smallest absolute Gasteiger partial charge is 0.256 e. The SMILES string of the molecule is Cc1ccc(C(=N)OC(=N)CCl)o1. The summed E-state index contributed by atoms with van der Waals surface area (Å²) in [5.41, 5.74) is 0. The molecule has 1 aromatic heterocycles. The van der Waals surface area contributed by atoms with E-state index in [1.54, 1.807) is 19.1 Å². The number of furan rings is 1. The third kappa shape index (κ3) is 2.59. The number of rotatable bonds is 2. The molecule has 0 aliphatic rings. The normalized spacial score (nSPS) is 9.69. The molecular formula is C8H9ClN2O2. The summed E-state index contributed by atoms with van der Waals surface area (Å²) in [5.74, 6) is 0.579. The van der Waals surface area contributed by atoms with E-state index in [9.17, 15) is 0 Å². The van der Waals surface area contributed by atoms with Gasteiger partial charge in [-0.3, -0.25) is 10.8 Å². The summed E-state index contributed by atoms with van der Waals surface area (Å²) in [4.78, 5) is 0. The highest BCUT2D eigenvalue weighted by atomic mass is 35.5. The lowest BCUT2D eigenvalue weighted by atomic mass is 10.4. The average molecular weight is 201 g/mol. The summed E-state index contributed by atoms with van der Waals surface area (Å²) in [7, 11) is 0. The van der Waals surface area contributed by atoms with Gasteiger partial charge in [-0.2, -0.15) is 0 Å². The maximum atomic E-state index is 7.36. The lowest BCUT2D eigenvalue weighted by Crippen LogP contribution is -2.12. The van der Waals surface area contributed by atoms with Gasteiger partial charge >= 0.3 is 0 Å². The van der Waals surface area contributed by atoms with Crippen molar-refractivity contribution in [3.63, 3.8) is 0 Å². The zero-order chi connectivity index (χ0) is 9.84. The Kier molecular flexibility index (Phi) is 3.08. The number of aryl methyl sites for hydroxylation is 1. The van der Waals surface area contributed by atoms with Gasteiger partial charge in [0.2, 0.25) is 5.90 Å². The average Bonchev–Trinajstić information content (AvgIpc) is 2.51. The largest absolute Gasteiger partial charge is 0.456 e. The molecule has 0 unspecified atom stereocenters. The van der Waals surface area contributed by atoms with Gasteiger partial charge in [-0.1, -0.05) is 0 Å². The van der Waals surface area contributed by atoms with Crippen LogP contribution in [0, 0.1) is 17.7 Å². The van der Waals surface area contributed by atoms with E-state index in [0.29, 0.717) is 11.5 Å². The highest BCUT2D eigenvalue weighted by Gasteiger charge is 2.09. The minimum absolute atomic E-state index is 0.0535. The number of halogens is 1. The van der Waals surface area contributed by atoms with E-state index in [-0.39, 0.29) is 17.7 Å². The van der Waals surface area contributed by atoms with Gasteiger partial charge in [0.25, 0.3) is 5.90 Å². The molecule has 0 fully saturated rings. The Hall–Kier alpha value is -1.29. The lowest BCUT2D eigenvalue weighted by molar-refractivity contribution is 0.471. The molecule has 0 atom stereocenters. The van der Waals surface area contributed by atoms with Gasteiger partial charge in [0.05, 0.1) is 5.88 Å². The second kappa shape index (κ2) is 4.09. The molecule has 1 rings (SSSR count). The van der Waals surface area contributed by atoms with Crippen LogP contribution in [-0.2, 0) is 4.74 Å². The molecule has 0 saturated carbocycles. The Labute approximate surface area is 80.5 Å². The van der Waals surface area contributed by atoms with E-state index in [1.807, 2.05) is 0 Å². The molecule has 0 saturated heterocycles. The van der Waals surface area contributed by atoms with Crippen molar-refractivity contribution in [2.24, 2.45) is 0 Å². The number of nitrogens with one attached hydrogen (secondary N) is 2. The Balaban J connectivity index is 2.64. The second-order valence-corrected chi connectivity index (χ2v) is 2.67. The zero-order valence-corrected chi connectivity index (χ0v) is 7.81. The van der Waals surface area contributed by atoms with Crippen molar-refractivity contribution in [3.05, 3.63) is 23.7 Å². The summed E-state index contributed by atoms with van der Waals surface area (Å²) in [6.45, 7) is 1.77. The van der Waals surface area contributed by atoms with Crippen molar-refractivity contribution in [2.75, 3.05) is 5.88 Å². The van der Waals surface area contributed by atoms with Crippen LogP contribution in [-0.4, -0.2) is 17.7 Å². The molecular weight excluding hydrogens is 192 g/mol. The Morgan fingerprint density at radius 3 is 2.69 bits per heavy atom. The molecule has 0 bridgehead atoms. The highest BCUT2D eigenvalue weighted by molar-refractivity contribution is 6.27. The molecule has 4 nitrogen and oxygen atoms in total. The van der Waals surface area contributed by atoms with E-state index in [4.69, 9.17) is 31.6 Å². The summed E-state index contributed by atoms with van der Waals surface area (Å²) in [6.07, 6.45) is 0. The van der Waals surface area contributed by atoms with Crippen molar-refractivity contribution in [2.45, 2.75) is 6.92 Å². The molecule has 2 N–H and O–H groups in total. The fraction of sp³-hybridized carbons (Fsp3) is 0.250. The molecule has 1 heterocycles. The predicted molar refractivity (Wildman–Crippen MR) is 49.8 cm³/mol. The summed E-state index contributed by atoms with van der Waals surface area (Å²) in [6, 6.07) is 3.33. The van der Waals surface area contributed by atoms with Gasteiger partial charge in [0.1, 0.15) is 5.76 Å². The van der Waals surface area contributed by atoms with Crippen molar-refractivity contribution in [1.82, 2.24) is 0 Å². The van der Waals surface area contributed by atoms with Crippen LogP contribution < -0.4 is 0 Å². The summed E-state index contributed by atoms with van der Waals surface area (Å²) < 4.78 is 9.84. The van der Waals surface area contributed by atoms with E-state index in [0.717, 1.165) is 0 Å². The fourth-order valence-electron chi connectivity index (χ4n) is 0.757. The van der Waals surface area contributed by atoms with Gasteiger partial charge in [0, 0.05) is 0 Å². The first-order chi connectivity index (χ1) is 6.13. The first-order valence-electron chi connectivity index (χ1n) is 3.60. The molecule has 0 spiro atoms. The van der Waals surface area contributed by atoms with Gasteiger partial charge in [0.15, 0.2) is 5.76 Å². The molecule has 13 heavy (non-hydrogen) atoms. The molecule has 0 aliphatic heterocycles. The maximum absolute atomic E-state index is 7.36. The second-order valence-electron chi connectivity index (χ2n) is 2.40. The summed E-state index contributed by atoms with van der Waals surface area (Å²) >= 11 is 5.31. The predicted octanol–water partition coefficient (Wildman–Crippen LogP) is 2.15. The van der Waals surface area contributed by atoms with Gasteiger partial charge in [-0.25, -0.2) is 0 Å². The first kappa shape index (κ1) is 9.80. The van der Waals surface area contributed by atoms with Crippen molar-refractivity contribution in [1.29, 1.82) is 10.8 Å². The Morgan fingerprint density at radius 1 is 1.54 bits per heavy atom. The highest BCUT2D eigenvalue weighted by Crippen LogP contribution is 2.07. The maximum Gasteiger partial charge on any atom is 0.256 e. The third-order valence-corrected chi connectivity index (χ3v) is 1.55. The number of ether oxygens (including phenoxy) is 1. The topological polar surface area (TPSA) is 70.1 Å². The van der Waals surface area contributed by atoms with Crippen LogP contribution in [0.4, 0.5) is 0 Å². The van der Waals surface area contributed by atoms with Gasteiger partial charge in [-0.15, -0.1) is 11.6 Å². The molecule has 70 valence electrons. The minimum Gasteiger partial charge on any atom is -0.456 e. The molecule has 0 aliphatic carbocycles. The number of alkyl halides is 1. The molecule has 0 amide bonds. The monoisotopic (exact) mass is 200 g/mol. The standard InChI is InChI=1S/C8H9ClN2O2/c1-5-2-3-6(12-5)8(11)13-7(10)4-9/h2-3,10-11H,4H2,1H3. The van der Waals surface area contributed by atoms with E-state index in [1.165, 1.54) is 0 Å². The third-order valence-electron chi connectivity index (χ3n) is 1.31. The van der Waals surface area contributed by atoms with Crippen molar-refractivity contribution in [3.8, 4) is 0 Å².